The van der Waals surface area contributed by atoms with E-state index >= 15 is 0 Å². The van der Waals surface area contributed by atoms with Crippen LogP contribution in [-0.4, -0.2) is 64.2 Å². The largest absolute Gasteiger partial charge is 0.530 e. The Hall–Kier alpha value is -0.224. The Bertz CT molecular complexity index is 341. The van der Waals surface area contributed by atoms with Crippen molar-refractivity contribution in [1.29, 1.82) is 0 Å². The number of carboxylic acid groups (broad SMARTS) is 1. The van der Waals surface area contributed by atoms with Crippen LogP contribution in [-0.2, 0) is 23.2 Å². The lowest BCUT2D eigenvalue weighted by Gasteiger charge is -2.14. The third kappa shape index (κ3) is 11.3. The molecule has 0 bridgehead atoms. The lowest BCUT2D eigenvalue weighted by atomic mass is 10.1. The van der Waals surface area contributed by atoms with Crippen LogP contribution >= 0.6 is 7.82 Å². The predicted molar refractivity (Wildman–Crippen MR) is 68.9 cm³/mol. The van der Waals surface area contributed by atoms with Gasteiger partial charge in [0.2, 0.25) is 0 Å². The third-order valence-corrected chi connectivity index (χ3v) is 2.69. The second-order valence-electron chi connectivity index (χ2n) is 3.44. The number of hydrogen-bond acceptors (Lipinski definition) is 7. The summed E-state index contributed by atoms with van der Waals surface area (Å²) in [4.78, 5) is 30.4. The summed E-state index contributed by atoms with van der Waals surface area (Å²) < 4.78 is 19.3. The van der Waals surface area contributed by atoms with Gasteiger partial charge in [-0.3, -0.25) is 9.42 Å². The Balaban J connectivity index is 0. The average Bonchev–Trinajstić information content (AvgIpc) is 2.26. The van der Waals surface area contributed by atoms with Gasteiger partial charge in [0.05, 0.1) is 0 Å². The number of carbonyl (C=O) groups excluding carboxylic acids is 1. The highest BCUT2D eigenvalue weighted by Crippen LogP contribution is 2.43. The van der Waals surface area contributed by atoms with Gasteiger partial charge in [0, 0.05) is 0 Å². The molecule has 0 aromatic heterocycles. The molecule has 0 amide bonds. The SMILES string of the molecule is NCCCC[C@H](N)C(=O)OP(=O)(O)OCC(=O)O.[MgH2]. The minimum atomic E-state index is -4.73. The first-order chi connectivity index (χ1) is 8.28. The molecule has 0 aromatic carbocycles. The van der Waals surface area contributed by atoms with Crippen LogP contribution < -0.4 is 11.5 Å². The molecule has 6 N–H and O–H groups in total. The highest BCUT2D eigenvalue weighted by atomic mass is 31.2. The molecule has 110 valence electrons. The molecule has 0 aliphatic rings. The number of carbonyl (C=O) groups is 2. The van der Waals surface area contributed by atoms with E-state index in [2.05, 4.69) is 9.05 Å². The molecule has 0 heterocycles. The van der Waals surface area contributed by atoms with E-state index in [4.69, 9.17) is 21.5 Å². The van der Waals surface area contributed by atoms with Crippen molar-refractivity contribution >= 4 is 42.8 Å². The van der Waals surface area contributed by atoms with Gasteiger partial charge < -0.3 is 21.1 Å². The molecule has 19 heavy (non-hydrogen) atoms. The van der Waals surface area contributed by atoms with Crippen LogP contribution in [0.1, 0.15) is 19.3 Å². The molecular formula is C8H19MgN2O7P. The molecule has 0 fully saturated rings. The van der Waals surface area contributed by atoms with E-state index in [1.54, 1.807) is 0 Å². The molecule has 0 saturated carbocycles. The molecule has 0 spiro atoms. The van der Waals surface area contributed by atoms with Gasteiger partial charge >= 0.3 is 42.8 Å². The third-order valence-electron chi connectivity index (χ3n) is 1.83. The Morgan fingerprint density at radius 1 is 1.32 bits per heavy atom. The van der Waals surface area contributed by atoms with Crippen LogP contribution in [0.4, 0.5) is 0 Å². The molecule has 0 aromatic rings. The zero-order valence-electron chi connectivity index (χ0n) is 9.65. The van der Waals surface area contributed by atoms with Crippen LogP contribution in [0.3, 0.4) is 0 Å². The summed E-state index contributed by atoms with van der Waals surface area (Å²) in [5.41, 5.74) is 10.6. The highest BCUT2D eigenvalue weighted by molar-refractivity contribution is 7.48. The zero-order valence-corrected chi connectivity index (χ0v) is 10.5. The van der Waals surface area contributed by atoms with E-state index in [1.165, 1.54) is 0 Å². The number of unbranched alkanes of at least 4 members (excludes halogenated alkanes) is 1. The summed E-state index contributed by atoms with van der Waals surface area (Å²) in [7, 11) is -4.73. The number of phosphoric ester groups is 1. The van der Waals surface area contributed by atoms with Crippen LogP contribution in [0.5, 0.6) is 0 Å². The van der Waals surface area contributed by atoms with Gasteiger partial charge in [-0.05, 0) is 19.4 Å². The molecule has 11 heteroatoms. The fourth-order valence-electron chi connectivity index (χ4n) is 0.971. The summed E-state index contributed by atoms with van der Waals surface area (Å²) in [6.07, 6.45) is 1.47. The van der Waals surface area contributed by atoms with Crippen molar-refractivity contribution in [3.8, 4) is 0 Å². The lowest BCUT2D eigenvalue weighted by Crippen LogP contribution is -2.32. The highest BCUT2D eigenvalue weighted by Gasteiger charge is 2.29. The molecule has 0 aliphatic heterocycles. The topological polar surface area (TPSA) is 162 Å². The maximum atomic E-state index is 11.3. The predicted octanol–water partition coefficient (Wildman–Crippen LogP) is -1.73. The van der Waals surface area contributed by atoms with Crippen LogP contribution in [0, 0.1) is 0 Å². The minimum Gasteiger partial charge on any atom is -0.480 e. The smallest absolute Gasteiger partial charge is 0.480 e. The number of carboxylic acids is 1. The van der Waals surface area contributed by atoms with Gasteiger partial charge in [-0.1, -0.05) is 6.42 Å². The van der Waals surface area contributed by atoms with Gasteiger partial charge in [0.15, 0.2) is 6.61 Å². The van der Waals surface area contributed by atoms with E-state index in [0.29, 0.717) is 19.4 Å². The van der Waals surface area contributed by atoms with Crippen LogP contribution in [0.25, 0.3) is 0 Å². The van der Waals surface area contributed by atoms with E-state index in [0.717, 1.165) is 0 Å². The first-order valence-electron chi connectivity index (χ1n) is 5.16. The molecule has 0 aliphatic carbocycles. The number of hydrogen-bond donors (Lipinski definition) is 4. The first kappa shape index (κ1) is 21.1. The Morgan fingerprint density at radius 3 is 2.37 bits per heavy atom. The standard InChI is InChI=1S/C8H17N2O7P.Mg.2H/c9-4-2-1-3-6(10)8(13)17-18(14,15)16-5-7(11)12;;;/h6H,1-5,9-10H2,(H,11,12)(H,14,15);;;/t6-;;;/m0.../s1. The normalized spacial score (nSPS) is 14.9. The molecule has 0 radical (unpaired) electrons. The maximum absolute atomic E-state index is 11.3. The summed E-state index contributed by atoms with van der Waals surface area (Å²) in [5.74, 6) is -2.59. The molecular weight excluding hydrogens is 291 g/mol. The Labute approximate surface area is 126 Å². The first-order valence-corrected chi connectivity index (χ1v) is 6.66. The van der Waals surface area contributed by atoms with Crippen molar-refractivity contribution in [3.05, 3.63) is 0 Å². The average molecular weight is 311 g/mol. The second-order valence-corrected chi connectivity index (χ2v) is 4.81. The summed E-state index contributed by atoms with van der Waals surface area (Å²) in [6.45, 7) is -0.606. The van der Waals surface area contributed by atoms with Crippen molar-refractivity contribution in [1.82, 2.24) is 0 Å². The number of rotatable bonds is 9. The van der Waals surface area contributed by atoms with Crippen LogP contribution in [0.2, 0.25) is 0 Å². The molecule has 9 nitrogen and oxygen atoms in total. The van der Waals surface area contributed by atoms with Gasteiger partial charge in [-0.2, -0.15) is 0 Å². The monoisotopic (exact) mass is 310 g/mol. The second kappa shape index (κ2) is 10.6. The molecule has 0 rings (SSSR count). The maximum Gasteiger partial charge on any atom is 0.530 e. The van der Waals surface area contributed by atoms with Gasteiger partial charge in [0.1, 0.15) is 6.04 Å². The number of aliphatic carboxylic acids is 1. The Kier molecular flexibility index (Phi) is 11.7. The van der Waals surface area contributed by atoms with E-state index in [1.807, 2.05) is 0 Å². The van der Waals surface area contributed by atoms with E-state index < -0.39 is 32.4 Å². The summed E-state index contributed by atoms with van der Waals surface area (Å²) in [6, 6.07) is -1.08. The van der Waals surface area contributed by atoms with Gasteiger partial charge in [-0.15, -0.1) is 0 Å². The van der Waals surface area contributed by atoms with Crippen molar-refractivity contribution < 1.29 is 33.2 Å². The van der Waals surface area contributed by atoms with Gasteiger partial charge in [-0.25, -0.2) is 14.2 Å². The Morgan fingerprint density at radius 2 is 1.89 bits per heavy atom. The molecule has 1 unspecified atom stereocenters. The fraction of sp³-hybridized carbons (Fsp3) is 0.750. The van der Waals surface area contributed by atoms with Crippen LogP contribution in [0.15, 0.2) is 0 Å². The van der Waals surface area contributed by atoms with Crippen molar-refractivity contribution in [2.75, 3.05) is 13.2 Å². The lowest BCUT2D eigenvalue weighted by molar-refractivity contribution is -0.143. The fourth-order valence-corrected chi connectivity index (χ4v) is 1.66. The van der Waals surface area contributed by atoms with Gasteiger partial charge in [0.25, 0.3) is 0 Å². The summed E-state index contributed by atoms with van der Waals surface area (Å²) in [5, 5.41) is 8.23. The van der Waals surface area contributed by atoms with Crippen molar-refractivity contribution in [2.24, 2.45) is 11.5 Å². The minimum absolute atomic E-state index is 0. The molecule has 2 atom stereocenters. The zero-order chi connectivity index (χ0) is 14.2. The number of phosphoric acid groups is 1. The van der Waals surface area contributed by atoms with Crippen molar-refractivity contribution in [3.63, 3.8) is 0 Å². The van der Waals surface area contributed by atoms with E-state index in [9.17, 15) is 14.2 Å². The van der Waals surface area contributed by atoms with E-state index in [-0.39, 0.29) is 29.5 Å². The quantitative estimate of drug-likeness (QED) is 0.220. The summed E-state index contributed by atoms with van der Waals surface area (Å²) >= 11 is 0. The van der Waals surface area contributed by atoms with Crippen molar-refractivity contribution in [2.45, 2.75) is 25.3 Å². The molecule has 0 saturated heterocycles. The number of nitrogens with two attached hydrogens (primary N) is 2.